The molecule has 0 unspecified atom stereocenters. The molecular formula is C16H28N4O4S. The van der Waals surface area contributed by atoms with Gasteiger partial charge in [0.1, 0.15) is 11.4 Å². The molecule has 0 aromatic carbocycles. The van der Waals surface area contributed by atoms with E-state index in [0.717, 1.165) is 6.42 Å². The molecule has 1 amide bonds. The maximum Gasteiger partial charge on any atom is 0.246 e. The molecule has 25 heavy (non-hydrogen) atoms. The Kier molecular flexibility index (Phi) is 5.90. The smallest absolute Gasteiger partial charge is 0.246 e. The molecule has 1 aromatic heterocycles. The molecule has 0 bridgehead atoms. The first-order valence-corrected chi connectivity index (χ1v) is 9.95. The van der Waals surface area contributed by atoms with Gasteiger partial charge in [0.2, 0.25) is 15.9 Å². The van der Waals surface area contributed by atoms with Crippen LogP contribution in [0.1, 0.15) is 38.6 Å². The zero-order valence-corrected chi connectivity index (χ0v) is 16.4. The number of carbonyl (C=O) groups excluding carboxylic acids is 1. The van der Waals surface area contributed by atoms with Crippen LogP contribution in [0.4, 0.5) is 0 Å². The third kappa shape index (κ3) is 4.39. The van der Waals surface area contributed by atoms with E-state index < -0.39 is 10.0 Å². The first-order chi connectivity index (χ1) is 11.6. The van der Waals surface area contributed by atoms with Crippen molar-refractivity contribution in [3.8, 4) is 0 Å². The molecule has 0 radical (unpaired) electrons. The van der Waals surface area contributed by atoms with Gasteiger partial charge >= 0.3 is 0 Å². The highest BCUT2D eigenvalue weighted by molar-refractivity contribution is 7.89. The lowest BCUT2D eigenvalue weighted by Crippen LogP contribution is -2.44. The number of hydrogen-bond acceptors (Lipinski definition) is 5. The molecule has 0 atom stereocenters. The number of morpholine rings is 1. The molecule has 0 spiro atoms. The first-order valence-electron chi connectivity index (χ1n) is 8.51. The summed E-state index contributed by atoms with van der Waals surface area (Å²) in [5, 5.41) is 7.22. The fourth-order valence-electron chi connectivity index (χ4n) is 2.77. The van der Waals surface area contributed by atoms with Crippen molar-refractivity contribution in [1.29, 1.82) is 0 Å². The molecule has 0 aliphatic carbocycles. The highest BCUT2D eigenvalue weighted by Gasteiger charge is 2.32. The van der Waals surface area contributed by atoms with Crippen molar-refractivity contribution in [1.82, 2.24) is 19.4 Å². The van der Waals surface area contributed by atoms with Gasteiger partial charge in [0.25, 0.3) is 0 Å². The number of nitrogens with zero attached hydrogens (tertiary/aromatic N) is 3. The van der Waals surface area contributed by atoms with Gasteiger partial charge in [-0.3, -0.25) is 9.48 Å². The summed E-state index contributed by atoms with van der Waals surface area (Å²) in [4.78, 5) is 12.5. The molecule has 8 nitrogen and oxygen atoms in total. The number of nitrogens with one attached hydrogen (secondary N) is 1. The highest BCUT2D eigenvalue weighted by atomic mass is 32.2. The molecular weight excluding hydrogens is 344 g/mol. The Labute approximate surface area is 149 Å². The van der Waals surface area contributed by atoms with Crippen LogP contribution in [0, 0.1) is 13.8 Å². The lowest BCUT2D eigenvalue weighted by molar-refractivity contribution is -0.123. The van der Waals surface area contributed by atoms with E-state index >= 15 is 0 Å². The summed E-state index contributed by atoms with van der Waals surface area (Å²) in [7, 11) is -3.64. The van der Waals surface area contributed by atoms with Crippen LogP contribution in [0.3, 0.4) is 0 Å². The molecule has 1 fully saturated rings. The van der Waals surface area contributed by atoms with Gasteiger partial charge in [-0.15, -0.1) is 0 Å². The largest absolute Gasteiger partial charge is 0.379 e. The predicted molar refractivity (Wildman–Crippen MR) is 93.8 cm³/mol. The van der Waals surface area contributed by atoms with E-state index in [1.54, 1.807) is 13.8 Å². The van der Waals surface area contributed by atoms with E-state index in [2.05, 4.69) is 10.4 Å². The van der Waals surface area contributed by atoms with Gasteiger partial charge < -0.3 is 10.1 Å². The van der Waals surface area contributed by atoms with Crippen molar-refractivity contribution in [3.05, 3.63) is 11.4 Å². The second-order valence-electron chi connectivity index (χ2n) is 6.96. The van der Waals surface area contributed by atoms with Crippen molar-refractivity contribution < 1.29 is 17.9 Å². The fraction of sp³-hybridized carbons (Fsp3) is 0.750. The minimum absolute atomic E-state index is 0.00522. The van der Waals surface area contributed by atoms with Gasteiger partial charge in [-0.1, -0.05) is 6.92 Å². The number of sulfonamides is 1. The van der Waals surface area contributed by atoms with Crippen LogP contribution in [0.5, 0.6) is 0 Å². The number of amides is 1. The Balaban J connectivity index is 2.24. The quantitative estimate of drug-likeness (QED) is 0.798. The van der Waals surface area contributed by atoms with Crippen LogP contribution in [-0.2, 0) is 26.1 Å². The Hall–Kier alpha value is -1.45. The highest BCUT2D eigenvalue weighted by Crippen LogP contribution is 2.24. The molecule has 9 heteroatoms. The summed E-state index contributed by atoms with van der Waals surface area (Å²) in [6, 6.07) is 0. The zero-order chi connectivity index (χ0) is 18.8. The molecule has 1 N–H and O–H groups in total. The number of rotatable bonds is 6. The number of carbonyl (C=O) groups is 1. The van der Waals surface area contributed by atoms with Crippen molar-refractivity contribution >= 4 is 15.9 Å². The van der Waals surface area contributed by atoms with Crippen LogP contribution in [0.25, 0.3) is 0 Å². The summed E-state index contributed by atoms with van der Waals surface area (Å²) in [6.07, 6.45) is 0.798. The summed E-state index contributed by atoms with van der Waals surface area (Å²) < 4.78 is 33.9. The van der Waals surface area contributed by atoms with Crippen molar-refractivity contribution in [2.45, 2.75) is 58.0 Å². The second kappa shape index (κ2) is 7.43. The van der Waals surface area contributed by atoms with E-state index in [-0.39, 0.29) is 22.9 Å². The van der Waals surface area contributed by atoms with Gasteiger partial charge in [-0.2, -0.15) is 9.40 Å². The predicted octanol–water partition coefficient (Wildman–Crippen LogP) is 0.826. The number of aromatic nitrogens is 2. The van der Waals surface area contributed by atoms with Crippen LogP contribution in [0.15, 0.2) is 4.90 Å². The lowest BCUT2D eigenvalue weighted by atomic mass is 10.0. The Morgan fingerprint density at radius 3 is 2.44 bits per heavy atom. The standard InChI is InChI=1S/C16H28N4O4S/c1-6-16(4,5)17-14(21)11-20-13(3)15(12(2)18-20)25(22,23)19-7-9-24-10-8-19/h6-11H2,1-5H3,(H,17,21). The van der Waals surface area contributed by atoms with Gasteiger partial charge in [0.05, 0.1) is 24.6 Å². The third-order valence-electron chi connectivity index (χ3n) is 4.54. The summed E-state index contributed by atoms with van der Waals surface area (Å²) in [6.45, 7) is 10.7. The average molecular weight is 372 g/mol. The second-order valence-corrected chi connectivity index (χ2v) is 8.83. The van der Waals surface area contributed by atoms with Gasteiger partial charge in [-0.05, 0) is 34.1 Å². The third-order valence-corrected chi connectivity index (χ3v) is 6.69. The van der Waals surface area contributed by atoms with E-state index in [1.807, 2.05) is 20.8 Å². The molecule has 142 valence electrons. The Bertz CT molecular complexity index is 734. The van der Waals surface area contributed by atoms with Crippen molar-refractivity contribution in [3.63, 3.8) is 0 Å². The SMILES string of the molecule is CCC(C)(C)NC(=O)Cn1nc(C)c(S(=O)(=O)N2CCOCC2)c1C. The van der Waals surface area contributed by atoms with Crippen molar-refractivity contribution in [2.75, 3.05) is 26.3 Å². The van der Waals surface area contributed by atoms with E-state index in [4.69, 9.17) is 4.74 Å². The molecule has 1 saturated heterocycles. The zero-order valence-electron chi connectivity index (χ0n) is 15.6. The number of aryl methyl sites for hydroxylation is 1. The lowest BCUT2D eigenvalue weighted by Gasteiger charge is -2.26. The van der Waals surface area contributed by atoms with Gasteiger partial charge in [0.15, 0.2) is 0 Å². The van der Waals surface area contributed by atoms with Gasteiger partial charge in [0, 0.05) is 18.6 Å². The van der Waals surface area contributed by atoms with Gasteiger partial charge in [-0.25, -0.2) is 8.42 Å². The van der Waals surface area contributed by atoms with Crippen LogP contribution in [0.2, 0.25) is 0 Å². The van der Waals surface area contributed by atoms with Crippen LogP contribution < -0.4 is 5.32 Å². The van der Waals surface area contributed by atoms with E-state index in [9.17, 15) is 13.2 Å². The molecule has 1 aliphatic heterocycles. The topological polar surface area (TPSA) is 93.5 Å². The van der Waals surface area contributed by atoms with Crippen molar-refractivity contribution in [2.24, 2.45) is 0 Å². The fourth-order valence-corrected chi connectivity index (χ4v) is 4.55. The molecule has 0 saturated carbocycles. The summed E-state index contributed by atoms with van der Waals surface area (Å²) >= 11 is 0. The number of hydrogen-bond donors (Lipinski definition) is 1. The van der Waals surface area contributed by atoms with Crippen LogP contribution >= 0.6 is 0 Å². The monoisotopic (exact) mass is 372 g/mol. The van der Waals surface area contributed by atoms with E-state index in [1.165, 1.54) is 8.99 Å². The Morgan fingerprint density at radius 2 is 1.88 bits per heavy atom. The minimum atomic E-state index is -3.64. The first kappa shape index (κ1) is 19.9. The van der Waals surface area contributed by atoms with E-state index in [0.29, 0.717) is 37.7 Å². The summed E-state index contributed by atoms with van der Waals surface area (Å²) in [5.74, 6) is -0.187. The average Bonchev–Trinajstić information content (AvgIpc) is 2.82. The normalized spacial score (nSPS) is 16.8. The van der Waals surface area contributed by atoms with Crippen LogP contribution in [-0.4, -0.2) is 60.3 Å². The molecule has 1 aromatic rings. The Morgan fingerprint density at radius 1 is 1.28 bits per heavy atom. The summed E-state index contributed by atoms with van der Waals surface area (Å²) in [5.41, 5.74) is 0.579. The molecule has 2 heterocycles. The number of ether oxygens (including phenoxy) is 1. The minimum Gasteiger partial charge on any atom is -0.379 e. The maximum atomic E-state index is 12.9. The molecule has 1 aliphatic rings. The maximum absolute atomic E-state index is 12.9. The molecule has 2 rings (SSSR count).